The SMILES string of the molecule is CCc1ccc(N2CC(C(=O)OCc3nc(COc4ccc(F)cc4)no3)CC2=O)cc1. The molecule has 8 nitrogen and oxygen atoms in total. The van der Waals surface area contributed by atoms with Crippen LogP contribution >= 0.6 is 0 Å². The maximum atomic E-state index is 12.9. The molecular formula is C23H22FN3O5. The molecule has 0 saturated carbocycles. The van der Waals surface area contributed by atoms with Crippen molar-refractivity contribution in [2.45, 2.75) is 33.0 Å². The molecule has 32 heavy (non-hydrogen) atoms. The Bertz CT molecular complexity index is 1080. The van der Waals surface area contributed by atoms with Gasteiger partial charge in [0.15, 0.2) is 13.2 Å². The number of carbonyl (C=O) groups is 2. The number of anilines is 1. The van der Waals surface area contributed by atoms with Gasteiger partial charge in [0.2, 0.25) is 11.7 Å². The molecule has 1 aromatic heterocycles. The van der Waals surface area contributed by atoms with Gasteiger partial charge in [-0.1, -0.05) is 24.2 Å². The average Bonchev–Trinajstić information content (AvgIpc) is 3.43. The number of halogens is 1. The molecule has 1 fully saturated rings. The van der Waals surface area contributed by atoms with Gasteiger partial charge < -0.3 is 18.9 Å². The molecule has 1 amide bonds. The van der Waals surface area contributed by atoms with E-state index in [9.17, 15) is 14.0 Å². The van der Waals surface area contributed by atoms with E-state index >= 15 is 0 Å². The molecule has 2 aromatic carbocycles. The predicted octanol–water partition coefficient (Wildman–Crippen LogP) is 3.45. The molecule has 1 atom stereocenters. The van der Waals surface area contributed by atoms with Gasteiger partial charge in [0.05, 0.1) is 5.92 Å². The lowest BCUT2D eigenvalue weighted by molar-refractivity contribution is -0.150. The Morgan fingerprint density at radius 2 is 1.91 bits per heavy atom. The van der Waals surface area contributed by atoms with Crippen molar-refractivity contribution in [3.05, 3.63) is 71.6 Å². The Kier molecular flexibility index (Phi) is 6.44. The second kappa shape index (κ2) is 9.59. The Labute approximate surface area is 183 Å². The first-order valence-corrected chi connectivity index (χ1v) is 10.3. The van der Waals surface area contributed by atoms with E-state index in [-0.39, 0.29) is 49.6 Å². The van der Waals surface area contributed by atoms with Crippen LogP contribution in [0.15, 0.2) is 53.1 Å². The minimum Gasteiger partial charge on any atom is -0.485 e. The number of ether oxygens (including phenoxy) is 2. The van der Waals surface area contributed by atoms with Crippen molar-refractivity contribution in [2.24, 2.45) is 5.92 Å². The summed E-state index contributed by atoms with van der Waals surface area (Å²) in [6.07, 6.45) is 1.01. The van der Waals surface area contributed by atoms with Gasteiger partial charge in [-0.05, 0) is 48.4 Å². The van der Waals surface area contributed by atoms with E-state index in [0.29, 0.717) is 5.75 Å². The molecule has 1 saturated heterocycles. The average molecular weight is 439 g/mol. The smallest absolute Gasteiger partial charge is 0.311 e. The molecule has 0 aliphatic carbocycles. The van der Waals surface area contributed by atoms with Gasteiger partial charge in [-0.25, -0.2) is 4.39 Å². The maximum absolute atomic E-state index is 12.9. The molecule has 0 N–H and O–H groups in total. The minimum absolute atomic E-state index is 0.0198. The number of hydrogen-bond donors (Lipinski definition) is 0. The van der Waals surface area contributed by atoms with E-state index in [1.165, 1.54) is 29.8 Å². The van der Waals surface area contributed by atoms with Crippen molar-refractivity contribution in [1.82, 2.24) is 10.1 Å². The molecule has 3 aromatic rings. The topological polar surface area (TPSA) is 94.8 Å². The lowest BCUT2D eigenvalue weighted by atomic mass is 10.1. The van der Waals surface area contributed by atoms with E-state index in [2.05, 4.69) is 17.1 Å². The Morgan fingerprint density at radius 1 is 1.16 bits per heavy atom. The molecule has 0 radical (unpaired) electrons. The Morgan fingerprint density at radius 3 is 2.62 bits per heavy atom. The summed E-state index contributed by atoms with van der Waals surface area (Å²) in [5.41, 5.74) is 1.95. The Balaban J connectivity index is 1.26. The van der Waals surface area contributed by atoms with Crippen molar-refractivity contribution in [3.63, 3.8) is 0 Å². The largest absolute Gasteiger partial charge is 0.485 e. The van der Waals surface area contributed by atoms with E-state index in [0.717, 1.165) is 12.1 Å². The second-order valence-electron chi connectivity index (χ2n) is 7.38. The number of hydrogen-bond acceptors (Lipinski definition) is 7. The normalized spacial score (nSPS) is 15.8. The van der Waals surface area contributed by atoms with Gasteiger partial charge in [0.1, 0.15) is 11.6 Å². The standard InChI is InChI=1S/C23H22FN3O5/c1-2-15-3-7-18(8-4-15)27-12-16(11-22(27)28)23(29)31-14-21-25-20(26-32-21)13-30-19-9-5-17(24)6-10-19/h3-10,16H,2,11-14H2,1H3. The lowest BCUT2D eigenvalue weighted by Gasteiger charge is -2.16. The number of rotatable bonds is 8. The van der Waals surface area contributed by atoms with E-state index in [4.69, 9.17) is 14.0 Å². The van der Waals surface area contributed by atoms with Crippen molar-refractivity contribution in [1.29, 1.82) is 0 Å². The summed E-state index contributed by atoms with van der Waals surface area (Å²) in [6, 6.07) is 13.3. The highest BCUT2D eigenvalue weighted by Crippen LogP contribution is 2.26. The summed E-state index contributed by atoms with van der Waals surface area (Å²) >= 11 is 0. The summed E-state index contributed by atoms with van der Waals surface area (Å²) in [5, 5.41) is 3.76. The predicted molar refractivity (Wildman–Crippen MR) is 111 cm³/mol. The number of benzene rings is 2. The summed E-state index contributed by atoms with van der Waals surface area (Å²) in [4.78, 5) is 30.5. The maximum Gasteiger partial charge on any atom is 0.311 e. The highest BCUT2D eigenvalue weighted by Gasteiger charge is 2.36. The lowest BCUT2D eigenvalue weighted by Crippen LogP contribution is -2.26. The van der Waals surface area contributed by atoms with Crippen LogP contribution < -0.4 is 9.64 Å². The first-order valence-electron chi connectivity index (χ1n) is 10.3. The van der Waals surface area contributed by atoms with Gasteiger partial charge in [-0.2, -0.15) is 4.98 Å². The first kappa shape index (κ1) is 21.5. The molecule has 9 heteroatoms. The zero-order valence-corrected chi connectivity index (χ0v) is 17.5. The molecule has 166 valence electrons. The minimum atomic E-state index is -0.558. The monoisotopic (exact) mass is 439 g/mol. The molecular weight excluding hydrogens is 417 g/mol. The number of nitrogens with zero attached hydrogens (tertiary/aromatic N) is 3. The van der Waals surface area contributed by atoms with Crippen molar-refractivity contribution in [3.8, 4) is 5.75 Å². The second-order valence-corrected chi connectivity index (χ2v) is 7.38. The molecule has 0 bridgehead atoms. The fraction of sp³-hybridized carbons (Fsp3) is 0.304. The van der Waals surface area contributed by atoms with Crippen LogP contribution in [0.3, 0.4) is 0 Å². The van der Waals surface area contributed by atoms with Crippen LogP contribution in [0.2, 0.25) is 0 Å². The number of carbonyl (C=O) groups excluding carboxylic acids is 2. The molecule has 1 aliphatic heterocycles. The molecule has 0 spiro atoms. The van der Waals surface area contributed by atoms with Crippen molar-refractivity contribution < 1.29 is 28.0 Å². The third-order valence-corrected chi connectivity index (χ3v) is 5.14. The van der Waals surface area contributed by atoms with Crippen LogP contribution in [0, 0.1) is 11.7 Å². The van der Waals surface area contributed by atoms with Gasteiger partial charge in [-0.3, -0.25) is 9.59 Å². The van der Waals surface area contributed by atoms with Gasteiger partial charge >= 0.3 is 5.97 Å². The van der Waals surface area contributed by atoms with E-state index in [1.807, 2.05) is 24.3 Å². The van der Waals surface area contributed by atoms with Crippen molar-refractivity contribution in [2.75, 3.05) is 11.4 Å². The van der Waals surface area contributed by atoms with Gasteiger partial charge in [-0.15, -0.1) is 0 Å². The molecule has 4 rings (SSSR count). The number of amides is 1. The van der Waals surface area contributed by atoms with Gasteiger partial charge in [0, 0.05) is 18.7 Å². The van der Waals surface area contributed by atoms with E-state index < -0.39 is 11.9 Å². The number of esters is 1. The van der Waals surface area contributed by atoms with Crippen LogP contribution in [0.25, 0.3) is 0 Å². The summed E-state index contributed by atoms with van der Waals surface area (Å²) in [6.45, 7) is 2.15. The number of aromatic nitrogens is 2. The van der Waals surface area contributed by atoms with Crippen LogP contribution in [-0.2, 0) is 34.0 Å². The molecule has 1 aliphatic rings. The quantitative estimate of drug-likeness (QED) is 0.496. The van der Waals surface area contributed by atoms with Gasteiger partial charge in [0.25, 0.3) is 5.89 Å². The van der Waals surface area contributed by atoms with E-state index in [1.54, 1.807) is 4.90 Å². The highest BCUT2D eigenvalue weighted by atomic mass is 19.1. The van der Waals surface area contributed by atoms with Crippen molar-refractivity contribution >= 4 is 17.6 Å². The van der Waals surface area contributed by atoms with Crippen LogP contribution in [0.4, 0.5) is 10.1 Å². The fourth-order valence-electron chi connectivity index (χ4n) is 3.36. The summed E-state index contributed by atoms with van der Waals surface area (Å²) < 4.78 is 28.7. The number of aryl methyl sites for hydroxylation is 1. The van der Waals surface area contributed by atoms with Crippen LogP contribution in [0.5, 0.6) is 5.75 Å². The zero-order valence-electron chi connectivity index (χ0n) is 17.5. The zero-order chi connectivity index (χ0) is 22.5. The summed E-state index contributed by atoms with van der Waals surface area (Å²) in [7, 11) is 0. The fourth-order valence-corrected chi connectivity index (χ4v) is 3.36. The third-order valence-electron chi connectivity index (χ3n) is 5.14. The Hall–Kier alpha value is -3.75. The van der Waals surface area contributed by atoms with Crippen LogP contribution in [0.1, 0.15) is 30.6 Å². The van der Waals surface area contributed by atoms with Crippen LogP contribution in [-0.4, -0.2) is 28.6 Å². The summed E-state index contributed by atoms with van der Waals surface area (Å²) in [5.74, 6) is -0.683. The highest BCUT2D eigenvalue weighted by molar-refractivity contribution is 5.99. The molecule has 1 unspecified atom stereocenters. The molecule has 2 heterocycles. The first-order chi connectivity index (χ1) is 15.5. The third kappa shape index (κ3) is 5.11.